The summed E-state index contributed by atoms with van der Waals surface area (Å²) in [6, 6.07) is 8.68. The standard InChI is InChI=1S/C16H21BrN2O2.ClH/c1-11(21-15-5-3-2-4-14(15)17)16(20)19-9-8-12-6-7-13(10-19)18-12;/h2-5,11-13,18H,6-10H2,1H3;1H. The molecule has 0 aromatic heterocycles. The van der Waals surface area contributed by atoms with Gasteiger partial charge in [-0.15, -0.1) is 12.4 Å². The molecule has 0 aliphatic carbocycles. The SMILES string of the molecule is CC(Oc1ccccc1Br)C(=O)N1CCC2CCC(C1)N2.Cl. The number of hydrogen-bond acceptors (Lipinski definition) is 3. The molecule has 0 spiro atoms. The van der Waals surface area contributed by atoms with Crippen LogP contribution in [0.25, 0.3) is 0 Å². The fourth-order valence-electron chi connectivity index (χ4n) is 3.18. The van der Waals surface area contributed by atoms with Crippen LogP contribution in [-0.4, -0.2) is 42.1 Å². The van der Waals surface area contributed by atoms with Crippen molar-refractivity contribution in [1.82, 2.24) is 10.2 Å². The van der Waals surface area contributed by atoms with Crippen LogP contribution in [0.5, 0.6) is 5.75 Å². The van der Waals surface area contributed by atoms with Gasteiger partial charge in [-0.25, -0.2) is 0 Å². The van der Waals surface area contributed by atoms with Crippen molar-refractivity contribution in [2.45, 2.75) is 44.4 Å². The van der Waals surface area contributed by atoms with E-state index in [1.54, 1.807) is 0 Å². The third-order valence-electron chi connectivity index (χ3n) is 4.32. The molecule has 1 aromatic carbocycles. The van der Waals surface area contributed by atoms with Crippen LogP contribution in [0, 0.1) is 0 Å². The van der Waals surface area contributed by atoms with Gasteiger partial charge in [0.25, 0.3) is 5.91 Å². The highest BCUT2D eigenvalue weighted by molar-refractivity contribution is 9.10. The largest absolute Gasteiger partial charge is 0.480 e. The number of hydrogen-bond donors (Lipinski definition) is 1. The monoisotopic (exact) mass is 388 g/mol. The number of carbonyl (C=O) groups excluding carboxylic acids is 1. The Labute approximate surface area is 146 Å². The lowest BCUT2D eigenvalue weighted by molar-refractivity contribution is -0.138. The zero-order valence-corrected chi connectivity index (χ0v) is 15.0. The molecule has 3 unspecified atom stereocenters. The summed E-state index contributed by atoms with van der Waals surface area (Å²) in [7, 11) is 0. The second-order valence-corrected chi connectivity index (χ2v) is 6.76. The second kappa shape index (κ2) is 7.66. The molecule has 2 saturated heterocycles. The number of carbonyl (C=O) groups is 1. The van der Waals surface area contributed by atoms with E-state index in [2.05, 4.69) is 21.2 Å². The minimum atomic E-state index is -0.458. The second-order valence-electron chi connectivity index (χ2n) is 5.90. The number of benzene rings is 1. The van der Waals surface area contributed by atoms with Gasteiger partial charge in [0.2, 0.25) is 0 Å². The van der Waals surface area contributed by atoms with Gasteiger partial charge in [-0.3, -0.25) is 4.79 Å². The van der Waals surface area contributed by atoms with Gasteiger partial charge in [0.1, 0.15) is 5.75 Å². The fraction of sp³-hybridized carbons (Fsp3) is 0.562. The van der Waals surface area contributed by atoms with Gasteiger partial charge in [0.15, 0.2) is 6.10 Å². The quantitative estimate of drug-likeness (QED) is 0.864. The molecular formula is C16H22BrClN2O2. The molecule has 2 aliphatic rings. The Morgan fingerprint density at radius 1 is 1.32 bits per heavy atom. The molecular weight excluding hydrogens is 368 g/mol. The summed E-state index contributed by atoms with van der Waals surface area (Å²) in [5.74, 6) is 0.799. The minimum absolute atomic E-state index is 0. The predicted octanol–water partition coefficient (Wildman–Crippen LogP) is 2.99. The van der Waals surface area contributed by atoms with Crippen molar-refractivity contribution >= 4 is 34.2 Å². The Morgan fingerprint density at radius 2 is 2.05 bits per heavy atom. The first-order chi connectivity index (χ1) is 10.1. The van der Waals surface area contributed by atoms with Crippen molar-refractivity contribution in [3.63, 3.8) is 0 Å². The summed E-state index contributed by atoms with van der Waals surface area (Å²) in [6.45, 7) is 3.47. The molecule has 6 heteroatoms. The van der Waals surface area contributed by atoms with Crippen molar-refractivity contribution in [1.29, 1.82) is 0 Å². The van der Waals surface area contributed by atoms with Crippen molar-refractivity contribution < 1.29 is 9.53 Å². The molecule has 22 heavy (non-hydrogen) atoms. The number of nitrogens with zero attached hydrogens (tertiary/aromatic N) is 1. The Hall–Kier alpha value is -0.780. The van der Waals surface area contributed by atoms with Crippen LogP contribution in [0.4, 0.5) is 0 Å². The summed E-state index contributed by atoms with van der Waals surface area (Å²) >= 11 is 3.45. The lowest BCUT2D eigenvalue weighted by atomic mass is 10.1. The van der Waals surface area contributed by atoms with E-state index in [9.17, 15) is 4.79 Å². The number of nitrogens with one attached hydrogen (secondary N) is 1. The highest BCUT2D eigenvalue weighted by atomic mass is 79.9. The molecule has 3 atom stereocenters. The number of ether oxygens (including phenoxy) is 1. The van der Waals surface area contributed by atoms with Crippen LogP contribution in [0.15, 0.2) is 28.7 Å². The van der Waals surface area contributed by atoms with Crippen LogP contribution in [0.3, 0.4) is 0 Å². The molecule has 4 nitrogen and oxygen atoms in total. The Bertz CT molecular complexity index is 529. The van der Waals surface area contributed by atoms with Gasteiger partial charge in [-0.2, -0.15) is 0 Å². The summed E-state index contributed by atoms with van der Waals surface area (Å²) in [5.41, 5.74) is 0. The van der Waals surface area contributed by atoms with E-state index >= 15 is 0 Å². The number of fused-ring (bicyclic) bond motifs is 2. The number of likely N-dealkylation sites (tertiary alicyclic amines) is 1. The number of para-hydroxylation sites is 1. The van der Waals surface area contributed by atoms with Crippen molar-refractivity contribution in [3.8, 4) is 5.75 Å². The molecule has 2 heterocycles. The van der Waals surface area contributed by atoms with E-state index in [1.165, 1.54) is 12.8 Å². The average molecular weight is 390 g/mol. The third-order valence-corrected chi connectivity index (χ3v) is 4.98. The number of amides is 1. The maximum atomic E-state index is 12.6. The van der Waals surface area contributed by atoms with Crippen molar-refractivity contribution in [2.24, 2.45) is 0 Å². The molecule has 2 aliphatic heterocycles. The van der Waals surface area contributed by atoms with Crippen LogP contribution >= 0.6 is 28.3 Å². The third kappa shape index (κ3) is 3.94. The van der Waals surface area contributed by atoms with Crippen LogP contribution in [0.1, 0.15) is 26.2 Å². The van der Waals surface area contributed by atoms with Crippen LogP contribution in [0.2, 0.25) is 0 Å². The van der Waals surface area contributed by atoms with Crippen LogP contribution in [-0.2, 0) is 4.79 Å². The fourth-order valence-corrected chi connectivity index (χ4v) is 3.56. The topological polar surface area (TPSA) is 41.6 Å². The van der Waals surface area contributed by atoms with Gasteiger partial charge < -0.3 is 15.0 Å². The zero-order chi connectivity index (χ0) is 14.8. The van der Waals surface area contributed by atoms with Gasteiger partial charge in [-0.05, 0) is 54.2 Å². The number of halogens is 2. The Kier molecular flexibility index (Phi) is 6.12. The van der Waals surface area contributed by atoms with E-state index in [4.69, 9.17) is 4.74 Å². The van der Waals surface area contributed by atoms with E-state index in [1.807, 2.05) is 36.1 Å². The van der Waals surface area contributed by atoms with Crippen LogP contribution < -0.4 is 10.1 Å². The average Bonchev–Trinajstić information content (AvgIpc) is 2.80. The van der Waals surface area contributed by atoms with Crippen molar-refractivity contribution in [3.05, 3.63) is 28.7 Å². The molecule has 1 aromatic rings. The Balaban J connectivity index is 0.00000176. The van der Waals surface area contributed by atoms with Gasteiger partial charge in [0.05, 0.1) is 4.47 Å². The molecule has 0 saturated carbocycles. The van der Waals surface area contributed by atoms with Gasteiger partial charge >= 0.3 is 0 Å². The first kappa shape index (κ1) is 17.6. The molecule has 3 rings (SSSR count). The summed E-state index contributed by atoms with van der Waals surface area (Å²) in [6.07, 6.45) is 3.01. The molecule has 2 bridgehead atoms. The maximum Gasteiger partial charge on any atom is 0.263 e. The van der Waals surface area contributed by atoms with Crippen molar-refractivity contribution in [2.75, 3.05) is 13.1 Å². The summed E-state index contributed by atoms with van der Waals surface area (Å²) in [5, 5.41) is 3.59. The molecule has 0 radical (unpaired) electrons. The highest BCUT2D eigenvalue weighted by Gasteiger charge is 2.33. The van der Waals surface area contributed by atoms with E-state index < -0.39 is 6.10 Å². The summed E-state index contributed by atoms with van der Waals surface area (Å²) in [4.78, 5) is 14.6. The minimum Gasteiger partial charge on any atom is -0.480 e. The summed E-state index contributed by atoms with van der Waals surface area (Å²) < 4.78 is 6.70. The van der Waals surface area contributed by atoms with Gasteiger partial charge in [0, 0.05) is 25.2 Å². The van der Waals surface area contributed by atoms with E-state index in [-0.39, 0.29) is 18.3 Å². The van der Waals surface area contributed by atoms with Gasteiger partial charge in [-0.1, -0.05) is 12.1 Å². The maximum absolute atomic E-state index is 12.6. The first-order valence-electron chi connectivity index (χ1n) is 7.59. The molecule has 1 amide bonds. The Morgan fingerprint density at radius 3 is 2.82 bits per heavy atom. The van der Waals surface area contributed by atoms with E-state index in [0.29, 0.717) is 17.8 Å². The molecule has 2 fully saturated rings. The first-order valence-corrected chi connectivity index (χ1v) is 8.39. The normalized spacial score (nSPS) is 25.1. The number of rotatable bonds is 3. The highest BCUT2D eigenvalue weighted by Crippen LogP contribution is 2.26. The lowest BCUT2D eigenvalue weighted by Gasteiger charge is -2.27. The molecule has 122 valence electrons. The smallest absolute Gasteiger partial charge is 0.263 e. The lowest BCUT2D eigenvalue weighted by Crippen LogP contribution is -2.44. The van der Waals surface area contributed by atoms with E-state index in [0.717, 1.165) is 24.0 Å². The zero-order valence-electron chi connectivity index (χ0n) is 12.6. The predicted molar refractivity (Wildman–Crippen MR) is 92.6 cm³/mol. The molecule has 1 N–H and O–H groups in total.